The van der Waals surface area contributed by atoms with E-state index in [0.29, 0.717) is 0 Å². The van der Waals surface area contributed by atoms with E-state index < -0.39 is 0 Å². The lowest BCUT2D eigenvalue weighted by Crippen LogP contribution is -2.01. The van der Waals surface area contributed by atoms with Gasteiger partial charge in [-0.3, -0.25) is 0 Å². The van der Waals surface area contributed by atoms with E-state index in [1.165, 1.54) is 12.8 Å². The first-order valence-corrected chi connectivity index (χ1v) is 6.14. The maximum atomic E-state index is 5.25. The molecule has 1 aliphatic carbocycles. The molecule has 2 aromatic rings. The number of methoxy groups -OCH3 is 1. The lowest BCUT2D eigenvalue weighted by atomic mass is 10.3. The molecule has 0 N–H and O–H groups in total. The summed E-state index contributed by atoms with van der Waals surface area (Å²) in [7, 11) is 1.67. The first-order chi connectivity index (χ1) is 7.78. The minimum Gasteiger partial charge on any atom is -0.497 e. The maximum absolute atomic E-state index is 5.25. The summed E-state index contributed by atoms with van der Waals surface area (Å²) in [6, 6.07) is 3.90. The third-order valence-corrected chi connectivity index (χ3v) is 3.52. The quantitative estimate of drug-likeness (QED) is 0.868. The SMILES string of the molecule is COc1cc(Br)c2nnn(CC3CC3)c2c1. The van der Waals surface area contributed by atoms with Crippen LogP contribution in [-0.4, -0.2) is 22.1 Å². The van der Waals surface area contributed by atoms with Crippen molar-refractivity contribution in [3.63, 3.8) is 0 Å². The summed E-state index contributed by atoms with van der Waals surface area (Å²) in [5.41, 5.74) is 1.94. The van der Waals surface area contributed by atoms with Gasteiger partial charge in [0.05, 0.1) is 17.1 Å². The fraction of sp³-hybridized carbons (Fsp3) is 0.455. The van der Waals surface area contributed by atoms with Crippen LogP contribution in [-0.2, 0) is 6.54 Å². The molecule has 84 valence electrons. The Balaban J connectivity index is 2.11. The number of fused-ring (bicyclic) bond motifs is 1. The maximum Gasteiger partial charge on any atom is 0.127 e. The van der Waals surface area contributed by atoms with Gasteiger partial charge in [-0.1, -0.05) is 5.21 Å². The Morgan fingerprint density at radius 2 is 2.31 bits per heavy atom. The van der Waals surface area contributed by atoms with Gasteiger partial charge in [0.15, 0.2) is 0 Å². The summed E-state index contributed by atoms with van der Waals surface area (Å²) in [4.78, 5) is 0. The van der Waals surface area contributed by atoms with Gasteiger partial charge in [-0.2, -0.15) is 0 Å². The second kappa shape index (κ2) is 3.73. The van der Waals surface area contributed by atoms with Crippen LogP contribution < -0.4 is 4.74 Å². The van der Waals surface area contributed by atoms with Gasteiger partial charge in [0, 0.05) is 12.6 Å². The first kappa shape index (κ1) is 10.1. The fourth-order valence-electron chi connectivity index (χ4n) is 1.80. The van der Waals surface area contributed by atoms with Crippen molar-refractivity contribution in [1.82, 2.24) is 15.0 Å². The van der Waals surface area contributed by atoms with E-state index >= 15 is 0 Å². The number of benzene rings is 1. The molecule has 0 spiro atoms. The largest absolute Gasteiger partial charge is 0.497 e. The average Bonchev–Trinajstić information content (AvgIpc) is 3.00. The Bertz CT molecular complexity index is 533. The topological polar surface area (TPSA) is 39.9 Å². The zero-order valence-electron chi connectivity index (χ0n) is 8.98. The Hall–Kier alpha value is -1.10. The zero-order chi connectivity index (χ0) is 11.1. The summed E-state index contributed by atoms with van der Waals surface area (Å²) in [6.45, 7) is 0.968. The molecule has 0 aliphatic heterocycles. The molecule has 0 radical (unpaired) electrons. The highest BCUT2D eigenvalue weighted by Gasteiger charge is 2.23. The number of ether oxygens (including phenoxy) is 1. The normalized spacial score (nSPS) is 15.6. The highest BCUT2D eigenvalue weighted by Crippen LogP contribution is 2.33. The molecule has 0 atom stereocenters. The average molecular weight is 282 g/mol. The molecular formula is C11H12BrN3O. The fourth-order valence-corrected chi connectivity index (χ4v) is 2.31. The van der Waals surface area contributed by atoms with Gasteiger partial charge in [-0.15, -0.1) is 5.10 Å². The van der Waals surface area contributed by atoms with Gasteiger partial charge in [0.2, 0.25) is 0 Å². The van der Waals surface area contributed by atoms with Crippen molar-refractivity contribution in [1.29, 1.82) is 0 Å². The van der Waals surface area contributed by atoms with Crippen LogP contribution in [0.4, 0.5) is 0 Å². The van der Waals surface area contributed by atoms with Crippen LogP contribution >= 0.6 is 15.9 Å². The highest BCUT2D eigenvalue weighted by molar-refractivity contribution is 9.10. The standard InChI is InChI=1S/C11H12BrN3O/c1-16-8-4-9(12)11-10(5-8)15(14-13-11)6-7-2-3-7/h4-5,7H,2-3,6H2,1H3. The smallest absolute Gasteiger partial charge is 0.127 e. The molecule has 0 saturated heterocycles. The summed E-state index contributed by atoms with van der Waals surface area (Å²) in [5.74, 6) is 1.62. The summed E-state index contributed by atoms with van der Waals surface area (Å²) < 4.78 is 8.16. The van der Waals surface area contributed by atoms with Crippen LogP contribution in [0.15, 0.2) is 16.6 Å². The number of rotatable bonds is 3. The van der Waals surface area contributed by atoms with Crippen LogP contribution in [0.5, 0.6) is 5.75 Å². The molecule has 0 unspecified atom stereocenters. The van der Waals surface area contributed by atoms with Crippen molar-refractivity contribution in [2.75, 3.05) is 7.11 Å². The molecular weight excluding hydrogens is 270 g/mol. The second-order valence-electron chi connectivity index (χ2n) is 4.19. The predicted octanol–water partition coefficient (Wildman–Crippen LogP) is 2.61. The first-order valence-electron chi connectivity index (χ1n) is 5.34. The Kier molecular flexibility index (Phi) is 2.35. The minimum absolute atomic E-state index is 0.787. The van der Waals surface area contributed by atoms with E-state index in [4.69, 9.17) is 4.74 Å². The zero-order valence-corrected chi connectivity index (χ0v) is 10.6. The molecule has 3 rings (SSSR count). The van der Waals surface area contributed by atoms with Crippen LogP contribution in [0.3, 0.4) is 0 Å². The van der Waals surface area contributed by atoms with E-state index in [1.54, 1.807) is 7.11 Å². The van der Waals surface area contributed by atoms with Crippen LogP contribution in [0.25, 0.3) is 11.0 Å². The lowest BCUT2D eigenvalue weighted by molar-refractivity contribution is 0.415. The third-order valence-electron chi connectivity index (χ3n) is 2.91. The Morgan fingerprint density at radius 3 is 3.00 bits per heavy atom. The molecule has 5 heteroatoms. The number of hydrogen-bond donors (Lipinski definition) is 0. The van der Waals surface area contributed by atoms with Gasteiger partial charge in [-0.05, 0) is 40.8 Å². The molecule has 1 aromatic carbocycles. The van der Waals surface area contributed by atoms with E-state index in [-0.39, 0.29) is 0 Å². The molecule has 16 heavy (non-hydrogen) atoms. The summed E-state index contributed by atoms with van der Waals surface area (Å²) >= 11 is 3.49. The van der Waals surface area contributed by atoms with Crippen molar-refractivity contribution in [3.05, 3.63) is 16.6 Å². The van der Waals surface area contributed by atoms with Crippen LogP contribution in [0.2, 0.25) is 0 Å². The molecule has 1 fully saturated rings. The lowest BCUT2D eigenvalue weighted by Gasteiger charge is -2.03. The van der Waals surface area contributed by atoms with Crippen LogP contribution in [0, 0.1) is 5.92 Å². The molecule has 1 aromatic heterocycles. The van der Waals surface area contributed by atoms with E-state index in [0.717, 1.165) is 33.7 Å². The van der Waals surface area contributed by atoms with Gasteiger partial charge >= 0.3 is 0 Å². The Morgan fingerprint density at radius 1 is 1.50 bits per heavy atom. The molecule has 1 aliphatic rings. The number of aromatic nitrogens is 3. The predicted molar refractivity (Wildman–Crippen MR) is 64.5 cm³/mol. The highest BCUT2D eigenvalue weighted by atomic mass is 79.9. The van der Waals surface area contributed by atoms with Gasteiger partial charge in [-0.25, -0.2) is 4.68 Å². The van der Waals surface area contributed by atoms with E-state index in [9.17, 15) is 0 Å². The Labute approximate surface area is 102 Å². The van der Waals surface area contributed by atoms with Crippen molar-refractivity contribution in [2.24, 2.45) is 5.92 Å². The molecule has 4 nitrogen and oxygen atoms in total. The number of nitrogens with zero attached hydrogens (tertiary/aromatic N) is 3. The molecule has 0 bridgehead atoms. The van der Waals surface area contributed by atoms with Crippen molar-refractivity contribution < 1.29 is 4.74 Å². The van der Waals surface area contributed by atoms with E-state index in [2.05, 4.69) is 26.2 Å². The van der Waals surface area contributed by atoms with Crippen molar-refractivity contribution in [3.8, 4) is 5.75 Å². The molecule has 0 amide bonds. The number of hydrogen-bond acceptors (Lipinski definition) is 3. The van der Waals surface area contributed by atoms with Crippen molar-refractivity contribution in [2.45, 2.75) is 19.4 Å². The van der Waals surface area contributed by atoms with Gasteiger partial charge < -0.3 is 4.74 Å². The second-order valence-corrected chi connectivity index (χ2v) is 5.05. The van der Waals surface area contributed by atoms with E-state index in [1.807, 2.05) is 16.8 Å². The van der Waals surface area contributed by atoms with Crippen molar-refractivity contribution >= 4 is 27.0 Å². The third kappa shape index (κ3) is 1.69. The van der Waals surface area contributed by atoms with Crippen LogP contribution in [0.1, 0.15) is 12.8 Å². The summed E-state index contributed by atoms with van der Waals surface area (Å²) in [5, 5.41) is 8.38. The minimum atomic E-state index is 0.787. The summed E-state index contributed by atoms with van der Waals surface area (Å²) in [6.07, 6.45) is 2.62. The van der Waals surface area contributed by atoms with Gasteiger partial charge in [0.25, 0.3) is 0 Å². The molecule has 1 heterocycles. The van der Waals surface area contributed by atoms with Gasteiger partial charge in [0.1, 0.15) is 11.3 Å². The molecule has 1 saturated carbocycles. The monoisotopic (exact) mass is 281 g/mol. The number of halogens is 1.